The Morgan fingerprint density at radius 1 is 1.32 bits per heavy atom. The lowest BCUT2D eigenvalue weighted by Crippen LogP contribution is -2.48. The summed E-state index contributed by atoms with van der Waals surface area (Å²) < 4.78 is 31.5. The number of rotatable bonds is 4. The molecule has 0 aliphatic carbocycles. The molecule has 2 aliphatic heterocycles. The van der Waals surface area contributed by atoms with Crippen LogP contribution in [0.4, 0.5) is 4.79 Å². The van der Waals surface area contributed by atoms with Gasteiger partial charge in [-0.3, -0.25) is 4.18 Å². The molecule has 2 aliphatic rings. The molecule has 2 fully saturated rings. The first-order chi connectivity index (χ1) is 10.2. The zero-order chi connectivity index (χ0) is 16.5. The van der Waals surface area contributed by atoms with Crippen LogP contribution in [0.25, 0.3) is 0 Å². The Kier molecular flexibility index (Phi) is 5.50. The zero-order valence-corrected chi connectivity index (χ0v) is 14.6. The normalized spacial score (nSPS) is 31.0. The molecule has 2 saturated heterocycles. The van der Waals surface area contributed by atoms with Gasteiger partial charge >= 0.3 is 6.09 Å². The average Bonchev–Trinajstić information content (AvgIpc) is 2.58. The van der Waals surface area contributed by atoms with Gasteiger partial charge in [0.1, 0.15) is 5.60 Å². The summed E-state index contributed by atoms with van der Waals surface area (Å²) in [6, 6.07) is 0.423. The van der Waals surface area contributed by atoms with E-state index in [0.29, 0.717) is 12.3 Å². The Hall–Kier alpha value is -0.660. The molecule has 4 atom stereocenters. The lowest BCUT2D eigenvalue weighted by molar-refractivity contribution is -0.000212. The number of fused-ring (bicyclic) bond motifs is 2. The zero-order valence-electron chi connectivity index (χ0n) is 13.7. The number of piperidine rings is 1. The van der Waals surface area contributed by atoms with E-state index in [0.717, 1.165) is 25.7 Å². The number of nitrogens with zero attached hydrogens (tertiary/aromatic N) is 1. The summed E-state index contributed by atoms with van der Waals surface area (Å²) in [5.41, 5.74) is -0.478. The van der Waals surface area contributed by atoms with Gasteiger partial charge in [-0.25, -0.2) is 9.00 Å². The third-order valence-electron chi connectivity index (χ3n) is 4.34. The van der Waals surface area contributed by atoms with Crippen LogP contribution in [0.1, 0.15) is 59.8 Å². The molecule has 0 spiro atoms. The van der Waals surface area contributed by atoms with Gasteiger partial charge in [0, 0.05) is 12.1 Å². The second-order valence-electron chi connectivity index (χ2n) is 7.46. The number of amides is 1. The van der Waals surface area contributed by atoms with Gasteiger partial charge < -0.3 is 14.2 Å². The van der Waals surface area contributed by atoms with E-state index in [9.17, 15) is 13.6 Å². The highest BCUT2D eigenvalue weighted by Crippen LogP contribution is 2.41. The van der Waals surface area contributed by atoms with E-state index in [-0.39, 0.29) is 24.3 Å². The van der Waals surface area contributed by atoms with Crippen LogP contribution in [0.3, 0.4) is 0 Å². The van der Waals surface area contributed by atoms with Crippen LogP contribution in [-0.4, -0.2) is 43.5 Å². The first-order valence-corrected chi connectivity index (χ1v) is 8.93. The summed E-state index contributed by atoms with van der Waals surface area (Å²) in [5, 5.41) is 0. The molecule has 0 aromatic rings. The lowest BCUT2D eigenvalue weighted by atomic mass is 9.87. The standard InChI is InChI=1S/C15H27NO5S/c1-10(21-22(18)19)7-11-8-12-5-6-13(9-11)16(12)14(17)20-15(2,3)4/h10-13H,5-9H2,1-4H3,(H,18,19)/p-1. The smallest absolute Gasteiger partial charge is 0.410 e. The fraction of sp³-hybridized carbons (Fsp3) is 0.933. The molecule has 2 rings (SSSR count). The molecule has 1 amide bonds. The topological polar surface area (TPSA) is 78.9 Å². The van der Waals surface area contributed by atoms with Crippen molar-refractivity contribution in [1.82, 2.24) is 4.90 Å². The van der Waals surface area contributed by atoms with Crippen molar-refractivity contribution >= 4 is 17.5 Å². The van der Waals surface area contributed by atoms with E-state index < -0.39 is 17.0 Å². The summed E-state index contributed by atoms with van der Waals surface area (Å²) in [6.45, 7) is 7.41. The van der Waals surface area contributed by atoms with Crippen LogP contribution in [0.15, 0.2) is 0 Å². The number of ether oxygens (including phenoxy) is 1. The SMILES string of the molecule is CC(CC1CC2CCC(C1)N2C(=O)OC(C)(C)C)OS(=O)[O-]. The predicted octanol–water partition coefficient (Wildman–Crippen LogP) is 2.75. The average molecular weight is 332 g/mol. The molecule has 7 heteroatoms. The van der Waals surface area contributed by atoms with Gasteiger partial charge in [0.2, 0.25) is 0 Å². The Balaban J connectivity index is 1.91. The minimum Gasteiger partial charge on any atom is -0.750 e. The first kappa shape index (κ1) is 17.7. The fourth-order valence-electron chi connectivity index (χ4n) is 3.74. The van der Waals surface area contributed by atoms with Crippen molar-refractivity contribution < 1.29 is 22.5 Å². The van der Waals surface area contributed by atoms with E-state index in [4.69, 9.17) is 8.92 Å². The molecule has 6 nitrogen and oxygen atoms in total. The van der Waals surface area contributed by atoms with Crippen molar-refractivity contribution in [3.63, 3.8) is 0 Å². The largest absolute Gasteiger partial charge is 0.750 e. The quantitative estimate of drug-likeness (QED) is 0.740. The van der Waals surface area contributed by atoms with Crippen molar-refractivity contribution in [3.05, 3.63) is 0 Å². The van der Waals surface area contributed by atoms with Gasteiger partial charge in [0.05, 0.1) is 17.5 Å². The minimum atomic E-state index is -2.46. The van der Waals surface area contributed by atoms with E-state index in [1.54, 1.807) is 6.92 Å². The summed E-state index contributed by atoms with van der Waals surface area (Å²) in [5.74, 6) is 0.398. The molecule has 0 radical (unpaired) electrons. The molecular weight excluding hydrogens is 306 g/mol. The number of hydrogen-bond donors (Lipinski definition) is 0. The molecule has 0 aromatic carbocycles. The summed E-state index contributed by atoms with van der Waals surface area (Å²) in [6.07, 6.45) is 3.98. The van der Waals surface area contributed by atoms with Gasteiger partial charge in [0.15, 0.2) is 0 Å². The molecule has 4 unspecified atom stereocenters. The molecule has 2 heterocycles. The van der Waals surface area contributed by atoms with Crippen LogP contribution in [0, 0.1) is 5.92 Å². The van der Waals surface area contributed by atoms with E-state index >= 15 is 0 Å². The van der Waals surface area contributed by atoms with E-state index in [1.165, 1.54) is 0 Å². The van der Waals surface area contributed by atoms with Gasteiger partial charge in [-0.05, 0) is 65.7 Å². The number of hydrogen-bond acceptors (Lipinski definition) is 5. The maximum Gasteiger partial charge on any atom is 0.410 e. The van der Waals surface area contributed by atoms with Crippen molar-refractivity contribution in [3.8, 4) is 0 Å². The van der Waals surface area contributed by atoms with Crippen LogP contribution in [0.2, 0.25) is 0 Å². The van der Waals surface area contributed by atoms with Gasteiger partial charge in [-0.2, -0.15) is 0 Å². The summed E-state index contributed by atoms with van der Waals surface area (Å²) in [7, 11) is 0. The molecule has 22 heavy (non-hydrogen) atoms. The van der Waals surface area contributed by atoms with Gasteiger partial charge in [-0.15, -0.1) is 0 Å². The Morgan fingerprint density at radius 2 is 1.86 bits per heavy atom. The molecule has 0 aromatic heterocycles. The summed E-state index contributed by atoms with van der Waals surface area (Å²) >= 11 is -2.46. The Morgan fingerprint density at radius 3 is 2.32 bits per heavy atom. The van der Waals surface area contributed by atoms with Gasteiger partial charge in [-0.1, -0.05) is 0 Å². The highest BCUT2D eigenvalue weighted by molar-refractivity contribution is 7.74. The Labute approximate surface area is 135 Å². The fourth-order valence-corrected chi connectivity index (χ4v) is 4.08. The second kappa shape index (κ2) is 6.84. The van der Waals surface area contributed by atoms with Crippen LogP contribution in [-0.2, 0) is 20.3 Å². The maximum atomic E-state index is 12.3. The van der Waals surface area contributed by atoms with E-state index in [2.05, 4.69) is 0 Å². The molecule has 0 N–H and O–H groups in total. The van der Waals surface area contributed by atoms with Gasteiger partial charge in [0.25, 0.3) is 0 Å². The summed E-state index contributed by atoms with van der Waals surface area (Å²) in [4.78, 5) is 14.2. The monoisotopic (exact) mass is 332 g/mol. The number of carbonyl (C=O) groups excluding carboxylic acids is 1. The van der Waals surface area contributed by atoms with Crippen LogP contribution >= 0.6 is 0 Å². The van der Waals surface area contributed by atoms with Crippen molar-refractivity contribution in [2.24, 2.45) is 5.92 Å². The second-order valence-corrected chi connectivity index (χ2v) is 8.06. The number of carbonyl (C=O) groups is 1. The lowest BCUT2D eigenvalue weighted by Gasteiger charge is -2.40. The van der Waals surface area contributed by atoms with Crippen LogP contribution in [0.5, 0.6) is 0 Å². The first-order valence-electron chi connectivity index (χ1n) is 7.93. The molecular formula is C15H26NO5S-. The molecule has 0 saturated carbocycles. The maximum absolute atomic E-state index is 12.3. The van der Waals surface area contributed by atoms with Crippen molar-refractivity contribution in [1.29, 1.82) is 0 Å². The third kappa shape index (κ3) is 4.67. The van der Waals surface area contributed by atoms with E-state index in [1.807, 2.05) is 25.7 Å². The highest BCUT2D eigenvalue weighted by atomic mass is 32.2. The minimum absolute atomic E-state index is 0.212. The van der Waals surface area contributed by atoms with Crippen LogP contribution < -0.4 is 0 Å². The predicted molar refractivity (Wildman–Crippen MR) is 81.7 cm³/mol. The molecule has 128 valence electrons. The van der Waals surface area contributed by atoms with Crippen molar-refractivity contribution in [2.75, 3.05) is 0 Å². The Bertz CT molecular complexity index is 422. The van der Waals surface area contributed by atoms with Crippen molar-refractivity contribution in [2.45, 2.75) is 83.6 Å². The third-order valence-corrected chi connectivity index (χ3v) is 4.83. The molecule has 2 bridgehead atoms. The highest BCUT2D eigenvalue weighted by Gasteiger charge is 2.44.